The van der Waals surface area contributed by atoms with Crippen LogP contribution in [0, 0.1) is 0 Å². The van der Waals surface area contributed by atoms with Gasteiger partial charge in [-0.05, 0) is 43.2 Å². The zero-order valence-electron chi connectivity index (χ0n) is 11.9. The van der Waals surface area contributed by atoms with Gasteiger partial charge in [0, 0.05) is 17.8 Å². The first-order valence-electron chi connectivity index (χ1n) is 6.81. The minimum absolute atomic E-state index is 0.334. The van der Waals surface area contributed by atoms with E-state index in [0.717, 1.165) is 23.3 Å². The highest BCUT2D eigenvalue weighted by molar-refractivity contribution is 8.00. The van der Waals surface area contributed by atoms with Crippen LogP contribution in [0.5, 0.6) is 11.5 Å². The first kappa shape index (κ1) is 14.5. The highest BCUT2D eigenvalue weighted by Crippen LogP contribution is 2.30. The molecule has 0 aromatic heterocycles. The van der Waals surface area contributed by atoms with Gasteiger partial charge in [-0.25, -0.2) is 0 Å². The van der Waals surface area contributed by atoms with E-state index in [1.165, 1.54) is 24.2 Å². The first-order valence-corrected chi connectivity index (χ1v) is 7.86. The summed E-state index contributed by atoms with van der Waals surface area (Å²) >= 11 is 2.09. The number of ether oxygens (including phenoxy) is 2. The maximum absolute atomic E-state index is 5.35. The molecule has 1 fully saturated rings. The average molecular weight is 281 g/mol. The molecule has 1 heterocycles. The largest absolute Gasteiger partial charge is 0.493 e. The van der Waals surface area contributed by atoms with Gasteiger partial charge in [0.05, 0.1) is 14.2 Å². The minimum atomic E-state index is 0.334. The van der Waals surface area contributed by atoms with Gasteiger partial charge in [-0.2, -0.15) is 11.8 Å². The number of hydrogen-bond acceptors (Lipinski definition) is 4. The van der Waals surface area contributed by atoms with E-state index in [1.54, 1.807) is 14.2 Å². The molecule has 106 valence electrons. The molecule has 4 heteroatoms. The van der Waals surface area contributed by atoms with Crippen LogP contribution < -0.4 is 14.8 Å². The lowest BCUT2D eigenvalue weighted by Gasteiger charge is -2.18. The van der Waals surface area contributed by atoms with Crippen molar-refractivity contribution in [2.45, 2.75) is 31.1 Å². The molecule has 1 saturated heterocycles. The van der Waals surface area contributed by atoms with Crippen molar-refractivity contribution >= 4 is 11.8 Å². The van der Waals surface area contributed by atoms with Crippen LogP contribution in [0.4, 0.5) is 0 Å². The lowest BCUT2D eigenvalue weighted by Crippen LogP contribution is -2.26. The Balaban J connectivity index is 1.95. The van der Waals surface area contributed by atoms with E-state index in [-0.39, 0.29) is 0 Å². The lowest BCUT2D eigenvalue weighted by molar-refractivity contribution is 0.354. The van der Waals surface area contributed by atoms with E-state index in [1.807, 2.05) is 6.07 Å². The predicted molar refractivity (Wildman–Crippen MR) is 81.4 cm³/mol. The van der Waals surface area contributed by atoms with Crippen LogP contribution in [0.25, 0.3) is 0 Å². The maximum Gasteiger partial charge on any atom is 0.161 e. The van der Waals surface area contributed by atoms with E-state index in [2.05, 4.69) is 36.1 Å². The molecule has 1 aliphatic heterocycles. The van der Waals surface area contributed by atoms with Gasteiger partial charge in [-0.1, -0.05) is 6.07 Å². The molecule has 19 heavy (non-hydrogen) atoms. The Kier molecular flexibility index (Phi) is 5.40. The topological polar surface area (TPSA) is 30.5 Å². The molecule has 0 spiro atoms. The maximum atomic E-state index is 5.35. The van der Waals surface area contributed by atoms with E-state index < -0.39 is 0 Å². The highest BCUT2D eigenvalue weighted by atomic mass is 32.2. The van der Waals surface area contributed by atoms with Crippen LogP contribution in [0.3, 0.4) is 0 Å². The van der Waals surface area contributed by atoms with Gasteiger partial charge in [0.2, 0.25) is 0 Å². The van der Waals surface area contributed by atoms with Gasteiger partial charge >= 0.3 is 0 Å². The summed E-state index contributed by atoms with van der Waals surface area (Å²) in [5, 5.41) is 4.39. The van der Waals surface area contributed by atoms with Crippen LogP contribution in [0.15, 0.2) is 18.2 Å². The fourth-order valence-electron chi connectivity index (χ4n) is 2.35. The van der Waals surface area contributed by atoms with Crippen LogP contribution in [0.2, 0.25) is 0 Å². The molecule has 1 aromatic rings. The lowest BCUT2D eigenvalue weighted by atomic mass is 10.1. The molecule has 0 amide bonds. The van der Waals surface area contributed by atoms with Crippen molar-refractivity contribution in [2.24, 2.45) is 0 Å². The zero-order valence-corrected chi connectivity index (χ0v) is 12.8. The molecular formula is C15H23NO2S. The number of thioether (sulfide) groups is 1. The minimum Gasteiger partial charge on any atom is -0.493 e. The van der Waals surface area contributed by atoms with E-state index in [4.69, 9.17) is 9.47 Å². The number of methoxy groups -OCH3 is 2. The summed E-state index contributed by atoms with van der Waals surface area (Å²) in [5.74, 6) is 2.89. The van der Waals surface area contributed by atoms with Crippen LogP contribution in [0.1, 0.15) is 31.4 Å². The molecular weight excluding hydrogens is 258 g/mol. The Hall–Kier alpha value is -0.870. The second-order valence-corrected chi connectivity index (χ2v) is 6.29. The van der Waals surface area contributed by atoms with Gasteiger partial charge in [-0.15, -0.1) is 0 Å². The van der Waals surface area contributed by atoms with Crippen molar-refractivity contribution in [3.63, 3.8) is 0 Å². The number of hydrogen-bond donors (Lipinski definition) is 1. The average Bonchev–Trinajstić information content (AvgIpc) is 2.97. The third-order valence-electron chi connectivity index (χ3n) is 3.58. The van der Waals surface area contributed by atoms with E-state index in [0.29, 0.717) is 6.04 Å². The van der Waals surface area contributed by atoms with Crippen molar-refractivity contribution in [3.05, 3.63) is 23.8 Å². The molecule has 0 aliphatic carbocycles. The second kappa shape index (κ2) is 7.06. The molecule has 2 atom stereocenters. The number of nitrogens with one attached hydrogen (secondary N) is 1. The molecule has 0 bridgehead atoms. The standard InChI is InChI=1S/C15H23NO2S/c1-11(16-10-13-5-4-8-19-13)12-6-7-14(17-2)15(9-12)18-3/h6-7,9,11,13,16H,4-5,8,10H2,1-3H3. The molecule has 2 rings (SSSR count). The smallest absolute Gasteiger partial charge is 0.161 e. The second-order valence-electron chi connectivity index (χ2n) is 4.88. The Morgan fingerprint density at radius 3 is 2.74 bits per heavy atom. The zero-order chi connectivity index (χ0) is 13.7. The summed E-state index contributed by atoms with van der Waals surface area (Å²) in [5.41, 5.74) is 1.24. The summed E-state index contributed by atoms with van der Waals surface area (Å²) in [6.07, 6.45) is 2.71. The van der Waals surface area contributed by atoms with Gasteiger partial charge in [0.1, 0.15) is 0 Å². The Morgan fingerprint density at radius 2 is 2.11 bits per heavy atom. The molecule has 1 aliphatic rings. The Labute approximate surface area is 120 Å². The SMILES string of the molecule is COc1ccc(C(C)NCC2CCCS2)cc1OC. The summed E-state index contributed by atoms with van der Waals surface area (Å²) in [6, 6.07) is 6.46. The molecule has 0 saturated carbocycles. The quantitative estimate of drug-likeness (QED) is 0.867. The van der Waals surface area contributed by atoms with Crippen molar-refractivity contribution < 1.29 is 9.47 Å². The van der Waals surface area contributed by atoms with E-state index >= 15 is 0 Å². The molecule has 1 N–H and O–H groups in total. The highest BCUT2D eigenvalue weighted by Gasteiger charge is 2.17. The first-order chi connectivity index (χ1) is 9.24. The number of rotatable bonds is 6. The summed E-state index contributed by atoms with van der Waals surface area (Å²) < 4.78 is 10.6. The third kappa shape index (κ3) is 3.80. The van der Waals surface area contributed by atoms with Crippen LogP contribution in [-0.4, -0.2) is 31.8 Å². The summed E-state index contributed by atoms with van der Waals surface area (Å²) in [4.78, 5) is 0. The Bertz CT molecular complexity index is 405. The van der Waals surface area contributed by atoms with Crippen molar-refractivity contribution in [1.82, 2.24) is 5.32 Å². The van der Waals surface area contributed by atoms with E-state index in [9.17, 15) is 0 Å². The fraction of sp³-hybridized carbons (Fsp3) is 0.600. The van der Waals surface area contributed by atoms with Gasteiger partial charge in [0.15, 0.2) is 11.5 Å². The Morgan fingerprint density at radius 1 is 1.32 bits per heavy atom. The van der Waals surface area contributed by atoms with Gasteiger partial charge in [0.25, 0.3) is 0 Å². The molecule has 3 nitrogen and oxygen atoms in total. The third-order valence-corrected chi connectivity index (χ3v) is 4.98. The monoisotopic (exact) mass is 281 g/mol. The van der Waals surface area contributed by atoms with Crippen molar-refractivity contribution in [2.75, 3.05) is 26.5 Å². The van der Waals surface area contributed by atoms with Crippen LogP contribution in [-0.2, 0) is 0 Å². The predicted octanol–water partition coefficient (Wildman–Crippen LogP) is 3.25. The molecule has 0 radical (unpaired) electrons. The van der Waals surface area contributed by atoms with Crippen molar-refractivity contribution in [1.29, 1.82) is 0 Å². The van der Waals surface area contributed by atoms with Gasteiger partial charge in [-0.3, -0.25) is 0 Å². The summed E-state index contributed by atoms with van der Waals surface area (Å²) in [7, 11) is 3.34. The fourth-order valence-corrected chi connectivity index (χ4v) is 3.57. The molecule has 1 aromatic carbocycles. The molecule has 2 unspecified atom stereocenters. The number of benzene rings is 1. The van der Waals surface area contributed by atoms with Crippen molar-refractivity contribution in [3.8, 4) is 11.5 Å². The normalized spacial score (nSPS) is 20.3. The van der Waals surface area contributed by atoms with Crippen LogP contribution >= 0.6 is 11.8 Å². The summed E-state index contributed by atoms with van der Waals surface area (Å²) in [6.45, 7) is 3.28. The van der Waals surface area contributed by atoms with Gasteiger partial charge < -0.3 is 14.8 Å².